The Morgan fingerprint density at radius 2 is 1.75 bits per heavy atom. The van der Waals surface area contributed by atoms with Crippen LogP contribution in [0.25, 0.3) is 0 Å². The van der Waals surface area contributed by atoms with Crippen LogP contribution in [0.5, 0.6) is 0 Å². The van der Waals surface area contributed by atoms with Gasteiger partial charge in [-0.15, -0.1) is 0 Å². The number of hydrogen-bond acceptors (Lipinski definition) is 1. The van der Waals surface area contributed by atoms with E-state index in [9.17, 15) is 18.0 Å². The van der Waals surface area contributed by atoms with E-state index in [1.165, 1.54) is 6.07 Å². The lowest BCUT2D eigenvalue weighted by atomic mass is 10.1. The van der Waals surface area contributed by atoms with Crippen LogP contribution in [0.1, 0.15) is 42.6 Å². The molecule has 20 heavy (non-hydrogen) atoms. The third kappa shape index (κ3) is 4.13. The highest BCUT2D eigenvalue weighted by molar-refractivity contribution is 6.31. The summed E-state index contributed by atoms with van der Waals surface area (Å²) in [4.78, 5) is 13.8. The molecule has 0 fully saturated rings. The maximum Gasteiger partial charge on any atom is 0.417 e. The van der Waals surface area contributed by atoms with Crippen LogP contribution in [0.4, 0.5) is 13.2 Å². The van der Waals surface area contributed by atoms with Gasteiger partial charge in [0.2, 0.25) is 0 Å². The number of benzene rings is 1. The number of amides is 1. The van der Waals surface area contributed by atoms with Crippen molar-refractivity contribution < 1.29 is 18.0 Å². The van der Waals surface area contributed by atoms with Crippen molar-refractivity contribution in [2.45, 2.75) is 32.9 Å². The Kier molecular flexibility index (Phi) is 5.87. The number of alkyl halides is 3. The molecule has 0 saturated heterocycles. The van der Waals surface area contributed by atoms with E-state index >= 15 is 0 Å². The first-order valence-corrected chi connectivity index (χ1v) is 6.85. The van der Waals surface area contributed by atoms with Crippen LogP contribution >= 0.6 is 11.6 Å². The van der Waals surface area contributed by atoms with Crippen molar-refractivity contribution >= 4 is 17.5 Å². The van der Waals surface area contributed by atoms with Crippen LogP contribution in [0, 0.1) is 0 Å². The second-order valence-corrected chi connectivity index (χ2v) is 4.89. The van der Waals surface area contributed by atoms with Gasteiger partial charge in [0, 0.05) is 18.7 Å². The summed E-state index contributed by atoms with van der Waals surface area (Å²) in [6, 6.07) is 3.12. The van der Waals surface area contributed by atoms with E-state index in [2.05, 4.69) is 0 Å². The molecule has 0 aliphatic heterocycles. The van der Waals surface area contributed by atoms with Gasteiger partial charge in [0.05, 0.1) is 10.6 Å². The zero-order valence-electron chi connectivity index (χ0n) is 11.4. The van der Waals surface area contributed by atoms with Gasteiger partial charge in [-0.2, -0.15) is 13.2 Å². The van der Waals surface area contributed by atoms with Gasteiger partial charge in [0.1, 0.15) is 0 Å². The van der Waals surface area contributed by atoms with E-state index in [0.717, 1.165) is 25.0 Å². The zero-order valence-corrected chi connectivity index (χ0v) is 12.2. The number of rotatable bonds is 5. The SMILES string of the molecule is CCCN(CCC)C(=O)c1ccc(C(F)(F)F)c(Cl)c1. The molecule has 0 radical (unpaired) electrons. The molecular formula is C14H17ClF3NO. The summed E-state index contributed by atoms with van der Waals surface area (Å²) in [5.74, 6) is -0.288. The zero-order chi connectivity index (χ0) is 15.3. The van der Waals surface area contributed by atoms with Gasteiger partial charge < -0.3 is 4.90 Å². The van der Waals surface area contributed by atoms with Gasteiger partial charge in [-0.1, -0.05) is 25.4 Å². The summed E-state index contributed by atoms with van der Waals surface area (Å²) in [7, 11) is 0. The van der Waals surface area contributed by atoms with E-state index in [1.807, 2.05) is 13.8 Å². The fourth-order valence-electron chi connectivity index (χ4n) is 1.92. The molecule has 0 spiro atoms. The van der Waals surface area contributed by atoms with Gasteiger partial charge in [-0.05, 0) is 31.0 Å². The van der Waals surface area contributed by atoms with E-state index in [4.69, 9.17) is 11.6 Å². The minimum absolute atomic E-state index is 0.185. The van der Waals surface area contributed by atoms with E-state index in [-0.39, 0.29) is 11.5 Å². The second kappa shape index (κ2) is 6.97. The molecule has 6 heteroatoms. The molecule has 0 unspecified atom stereocenters. The summed E-state index contributed by atoms with van der Waals surface area (Å²) in [5.41, 5.74) is -0.738. The molecule has 1 amide bonds. The first-order chi connectivity index (χ1) is 9.31. The fourth-order valence-corrected chi connectivity index (χ4v) is 2.20. The third-order valence-electron chi connectivity index (χ3n) is 2.80. The quantitative estimate of drug-likeness (QED) is 0.777. The molecular weight excluding hydrogens is 291 g/mol. The topological polar surface area (TPSA) is 20.3 Å². The lowest BCUT2D eigenvalue weighted by Gasteiger charge is -2.22. The fraction of sp³-hybridized carbons (Fsp3) is 0.500. The van der Waals surface area contributed by atoms with Crippen LogP contribution in [0.2, 0.25) is 5.02 Å². The van der Waals surface area contributed by atoms with Gasteiger partial charge >= 0.3 is 6.18 Å². The lowest BCUT2D eigenvalue weighted by Crippen LogP contribution is -2.32. The summed E-state index contributed by atoms with van der Waals surface area (Å²) >= 11 is 5.63. The van der Waals surface area contributed by atoms with Crippen LogP contribution in [0.15, 0.2) is 18.2 Å². The third-order valence-corrected chi connectivity index (χ3v) is 3.11. The normalized spacial score (nSPS) is 11.5. The predicted octanol–water partition coefficient (Wildman–Crippen LogP) is 4.62. The summed E-state index contributed by atoms with van der Waals surface area (Å²) in [6.45, 7) is 5.03. The number of carbonyl (C=O) groups is 1. The Hall–Kier alpha value is -1.23. The molecule has 2 nitrogen and oxygen atoms in total. The molecule has 0 aromatic heterocycles. The largest absolute Gasteiger partial charge is 0.417 e. The minimum atomic E-state index is -4.51. The number of hydrogen-bond donors (Lipinski definition) is 0. The highest BCUT2D eigenvalue weighted by atomic mass is 35.5. The summed E-state index contributed by atoms with van der Waals surface area (Å²) < 4.78 is 37.8. The molecule has 0 N–H and O–H groups in total. The van der Waals surface area contributed by atoms with Crippen molar-refractivity contribution in [1.82, 2.24) is 4.90 Å². The smallest absolute Gasteiger partial charge is 0.339 e. The van der Waals surface area contributed by atoms with Crippen molar-refractivity contribution in [2.24, 2.45) is 0 Å². The molecule has 0 aliphatic rings. The van der Waals surface area contributed by atoms with Crippen molar-refractivity contribution in [3.8, 4) is 0 Å². The average Bonchev–Trinajstić information content (AvgIpc) is 2.36. The van der Waals surface area contributed by atoms with Crippen LogP contribution < -0.4 is 0 Å². The van der Waals surface area contributed by atoms with Crippen molar-refractivity contribution in [2.75, 3.05) is 13.1 Å². The predicted molar refractivity (Wildman–Crippen MR) is 72.9 cm³/mol. The molecule has 0 bridgehead atoms. The maximum atomic E-state index is 12.6. The Bertz CT molecular complexity index is 468. The number of halogens is 4. The monoisotopic (exact) mass is 307 g/mol. The van der Waals surface area contributed by atoms with Gasteiger partial charge in [-0.3, -0.25) is 4.79 Å². The van der Waals surface area contributed by atoms with Crippen LogP contribution in [-0.2, 0) is 6.18 Å². The van der Waals surface area contributed by atoms with Crippen molar-refractivity contribution in [3.05, 3.63) is 34.3 Å². The van der Waals surface area contributed by atoms with Crippen LogP contribution in [0.3, 0.4) is 0 Å². The number of carbonyl (C=O) groups excluding carboxylic acids is 1. The molecule has 0 atom stereocenters. The van der Waals surface area contributed by atoms with E-state index in [0.29, 0.717) is 13.1 Å². The Balaban J connectivity index is 3.02. The molecule has 0 aliphatic carbocycles. The maximum absolute atomic E-state index is 12.6. The second-order valence-electron chi connectivity index (χ2n) is 4.48. The first kappa shape index (κ1) is 16.8. The Morgan fingerprint density at radius 3 is 2.15 bits per heavy atom. The summed E-state index contributed by atoms with van der Waals surface area (Å²) in [5, 5.41) is -0.448. The summed E-state index contributed by atoms with van der Waals surface area (Å²) in [6.07, 6.45) is -2.93. The molecule has 1 aromatic rings. The van der Waals surface area contributed by atoms with Crippen LogP contribution in [-0.4, -0.2) is 23.9 Å². The van der Waals surface area contributed by atoms with Crippen molar-refractivity contribution in [3.63, 3.8) is 0 Å². The van der Waals surface area contributed by atoms with Gasteiger partial charge in [0.25, 0.3) is 5.91 Å². The number of nitrogens with zero attached hydrogens (tertiary/aromatic N) is 1. The Labute approximate surface area is 121 Å². The standard InChI is InChI=1S/C14H17ClF3NO/c1-3-7-19(8-4-2)13(20)10-5-6-11(12(15)9-10)14(16,17)18/h5-6,9H,3-4,7-8H2,1-2H3. The van der Waals surface area contributed by atoms with Gasteiger partial charge in [-0.25, -0.2) is 0 Å². The molecule has 112 valence electrons. The Morgan fingerprint density at radius 1 is 1.20 bits per heavy atom. The molecule has 0 saturated carbocycles. The van der Waals surface area contributed by atoms with Crippen molar-refractivity contribution in [1.29, 1.82) is 0 Å². The highest BCUT2D eigenvalue weighted by Crippen LogP contribution is 2.35. The molecule has 1 aromatic carbocycles. The molecule has 1 rings (SSSR count). The first-order valence-electron chi connectivity index (χ1n) is 6.47. The highest BCUT2D eigenvalue weighted by Gasteiger charge is 2.33. The van der Waals surface area contributed by atoms with Gasteiger partial charge in [0.15, 0.2) is 0 Å². The van der Waals surface area contributed by atoms with E-state index < -0.39 is 16.8 Å². The van der Waals surface area contributed by atoms with E-state index in [1.54, 1.807) is 4.90 Å². The lowest BCUT2D eigenvalue weighted by molar-refractivity contribution is -0.137. The molecule has 0 heterocycles. The average molecular weight is 308 g/mol. The minimum Gasteiger partial charge on any atom is -0.339 e.